The van der Waals surface area contributed by atoms with Crippen molar-refractivity contribution in [3.8, 4) is 0 Å². The van der Waals surface area contributed by atoms with Gasteiger partial charge in [0.25, 0.3) is 0 Å². The molecule has 1 saturated heterocycles. The quantitative estimate of drug-likeness (QED) is 0.904. The Kier molecular flexibility index (Phi) is 4.74. The molecule has 0 amide bonds. The minimum atomic E-state index is 0.766. The van der Waals surface area contributed by atoms with E-state index in [4.69, 9.17) is 0 Å². The number of likely N-dealkylation sites (tertiary alicyclic amines) is 1. The average Bonchev–Trinajstić information content (AvgIpc) is 2.99. The van der Waals surface area contributed by atoms with Crippen molar-refractivity contribution >= 4 is 0 Å². The first-order valence-electron chi connectivity index (χ1n) is 8.39. The zero-order valence-corrected chi connectivity index (χ0v) is 12.7. The third kappa shape index (κ3) is 3.24. The standard InChI is InChI=1S/C18H28N2/c1-2-19-17-8-10-18(11-9-17)20-13-12-16(14-20)15-6-4-3-5-7-15/h3-7,16-19H,2,8-14H2,1H3. The van der Waals surface area contributed by atoms with Gasteiger partial charge in [-0.15, -0.1) is 0 Å². The first kappa shape index (κ1) is 14.1. The largest absolute Gasteiger partial charge is 0.314 e. The van der Waals surface area contributed by atoms with Crippen molar-refractivity contribution in [3.63, 3.8) is 0 Å². The molecule has 2 fully saturated rings. The van der Waals surface area contributed by atoms with Gasteiger partial charge in [0.2, 0.25) is 0 Å². The van der Waals surface area contributed by atoms with Crippen molar-refractivity contribution in [1.82, 2.24) is 10.2 Å². The first-order chi connectivity index (χ1) is 9.86. The Bertz CT molecular complexity index is 395. The molecule has 0 spiro atoms. The Balaban J connectivity index is 1.51. The second-order valence-corrected chi connectivity index (χ2v) is 6.45. The van der Waals surface area contributed by atoms with Gasteiger partial charge in [0.05, 0.1) is 0 Å². The van der Waals surface area contributed by atoms with E-state index in [1.807, 2.05) is 0 Å². The summed E-state index contributed by atoms with van der Waals surface area (Å²) in [4.78, 5) is 2.76. The van der Waals surface area contributed by atoms with Crippen LogP contribution in [0.3, 0.4) is 0 Å². The van der Waals surface area contributed by atoms with Gasteiger partial charge in [-0.3, -0.25) is 4.90 Å². The van der Waals surface area contributed by atoms with Crippen molar-refractivity contribution in [2.75, 3.05) is 19.6 Å². The molecule has 1 atom stereocenters. The monoisotopic (exact) mass is 272 g/mol. The zero-order valence-electron chi connectivity index (χ0n) is 12.7. The van der Waals surface area contributed by atoms with Crippen molar-refractivity contribution in [3.05, 3.63) is 35.9 Å². The summed E-state index contributed by atoms with van der Waals surface area (Å²) < 4.78 is 0. The Morgan fingerprint density at radius 1 is 1.05 bits per heavy atom. The lowest BCUT2D eigenvalue weighted by molar-refractivity contribution is 0.172. The molecule has 1 aliphatic heterocycles. The highest BCUT2D eigenvalue weighted by molar-refractivity contribution is 5.21. The molecule has 3 rings (SSSR count). The van der Waals surface area contributed by atoms with Gasteiger partial charge in [0.15, 0.2) is 0 Å². The molecule has 1 aromatic carbocycles. The summed E-state index contributed by atoms with van der Waals surface area (Å²) in [7, 11) is 0. The van der Waals surface area contributed by atoms with E-state index < -0.39 is 0 Å². The van der Waals surface area contributed by atoms with E-state index in [0.29, 0.717) is 0 Å². The molecule has 1 saturated carbocycles. The Labute approximate surface area is 123 Å². The van der Waals surface area contributed by atoms with Crippen LogP contribution < -0.4 is 5.32 Å². The molecule has 20 heavy (non-hydrogen) atoms. The maximum absolute atomic E-state index is 3.61. The predicted octanol–water partition coefficient (Wildman–Crippen LogP) is 3.40. The highest BCUT2D eigenvalue weighted by Gasteiger charge is 2.31. The topological polar surface area (TPSA) is 15.3 Å². The fraction of sp³-hybridized carbons (Fsp3) is 0.667. The fourth-order valence-corrected chi connectivity index (χ4v) is 4.05. The van der Waals surface area contributed by atoms with E-state index >= 15 is 0 Å². The highest BCUT2D eigenvalue weighted by Crippen LogP contribution is 2.32. The smallest absolute Gasteiger partial charge is 0.00966 e. The molecule has 1 aliphatic carbocycles. The number of nitrogens with one attached hydrogen (secondary N) is 1. The van der Waals surface area contributed by atoms with Crippen LogP contribution in [0.25, 0.3) is 0 Å². The van der Waals surface area contributed by atoms with Crippen LogP contribution in [0.4, 0.5) is 0 Å². The Morgan fingerprint density at radius 3 is 2.50 bits per heavy atom. The van der Waals surface area contributed by atoms with E-state index in [1.165, 1.54) is 50.8 Å². The second kappa shape index (κ2) is 6.73. The molecule has 110 valence electrons. The predicted molar refractivity (Wildman–Crippen MR) is 85.1 cm³/mol. The summed E-state index contributed by atoms with van der Waals surface area (Å²) in [6.07, 6.45) is 6.85. The van der Waals surface area contributed by atoms with Gasteiger partial charge in [-0.2, -0.15) is 0 Å². The molecule has 1 unspecified atom stereocenters. The molecule has 1 heterocycles. The number of hydrogen-bond acceptors (Lipinski definition) is 2. The second-order valence-electron chi connectivity index (χ2n) is 6.45. The number of benzene rings is 1. The normalized spacial score (nSPS) is 31.6. The van der Waals surface area contributed by atoms with Gasteiger partial charge in [0.1, 0.15) is 0 Å². The van der Waals surface area contributed by atoms with Crippen LogP contribution in [0.5, 0.6) is 0 Å². The van der Waals surface area contributed by atoms with Crippen molar-refractivity contribution in [1.29, 1.82) is 0 Å². The maximum Gasteiger partial charge on any atom is 0.00966 e. The molecule has 2 heteroatoms. The number of hydrogen-bond donors (Lipinski definition) is 1. The fourth-order valence-electron chi connectivity index (χ4n) is 4.05. The molecular weight excluding hydrogens is 244 g/mol. The summed E-state index contributed by atoms with van der Waals surface area (Å²) in [6, 6.07) is 12.7. The molecule has 1 N–H and O–H groups in total. The highest BCUT2D eigenvalue weighted by atomic mass is 15.2. The maximum atomic E-state index is 3.61. The minimum absolute atomic E-state index is 0.766. The average molecular weight is 272 g/mol. The lowest BCUT2D eigenvalue weighted by atomic mass is 9.90. The van der Waals surface area contributed by atoms with E-state index in [9.17, 15) is 0 Å². The zero-order chi connectivity index (χ0) is 13.8. The van der Waals surface area contributed by atoms with Crippen LogP contribution in [0.2, 0.25) is 0 Å². The summed E-state index contributed by atoms with van der Waals surface area (Å²) in [6.45, 7) is 5.92. The van der Waals surface area contributed by atoms with Crippen molar-refractivity contribution < 1.29 is 0 Å². The van der Waals surface area contributed by atoms with Gasteiger partial charge >= 0.3 is 0 Å². The van der Waals surface area contributed by atoms with Crippen LogP contribution in [0.1, 0.15) is 50.5 Å². The minimum Gasteiger partial charge on any atom is -0.314 e. The van der Waals surface area contributed by atoms with E-state index in [2.05, 4.69) is 47.5 Å². The first-order valence-corrected chi connectivity index (χ1v) is 8.39. The van der Waals surface area contributed by atoms with Crippen LogP contribution in [-0.2, 0) is 0 Å². The Hall–Kier alpha value is -0.860. The van der Waals surface area contributed by atoms with Crippen LogP contribution in [0.15, 0.2) is 30.3 Å². The SMILES string of the molecule is CCNC1CCC(N2CCC(c3ccccc3)C2)CC1. The molecule has 0 radical (unpaired) electrons. The summed E-state index contributed by atoms with van der Waals surface area (Å²) >= 11 is 0. The van der Waals surface area contributed by atoms with Crippen molar-refractivity contribution in [2.24, 2.45) is 0 Å². The molecule has 0 bridgehead atoms. The molecule has 0 aromatic heterocycles. The summed E-state index contributed by atoms with van der Waals surface area (Å²) in [5.74, 6) is 0.766. The summed E-state index contributed by atoms with van der Waals surface area (Å²) in [5, 5.41) is 3.61. The van der Waals surface area contributed by atoms with E-state index in [0.717, 1.165) is 24.5 Å². The number of nitrogens with zero attached hydrogens (tertiary/aromatic N) is 1. The van der Waals surface area contributed by atoms with E-state index in [1.54, 1.807) is 0 Å². The molecule has 1 aromatic rings. The van der Waals surface area contributed by atoms with Crippen molar-refractivity contribution in [2.45, 2.75) is 57.0 Å². The lowest BCUT2D eigenvalue weighted by Gasteiger charge is -2.35. The molecular formula is C18H28N2. The van der Waals surface area contributed by atoms with Gasteiger partial charge in [0, 0.05) is 18.6 Å². The Morgan fingerprint density at radius 2 is 1.80 bits per heavy atom. The lowest BCUT2D eigenvalue weighted by Crippen LogP contribution is -2.41. The molecule has 2 nitrogen and oxygen atoms in total. The van der Waals surface area contributed by atoms with Gasteiger partial charge < -0.3 is 5.32 Å². The third-order valence-electron chi connectivity index (χ3n) is 5.20. The van der Waals surface area contributed by atoms with Crippen LogP contribution in [0, 0.1) is 0 Å². The van der Waals surface area contributed by atoms with Crippen LogP contribution in [-0.4, -0.2) is 36.6 Å². The number of rotatable bonds is 4. The van der Waals surface area contributed by atoms with Gasteiger partial charge in [-0.25, -0.2) is 0 Å². The molecule has 2 aliphatic rings. The van der Waals surface area contributed by atoms with E-state index in [-0.39, 0.29) is 0 Å². The van der Waals surface area contributed by atoms with Crippen LogP contribution >= 0.6 is 0 Å². The summed E-state index contributed by atoms with van der Waals surface area (Å²) in [5.41, 5.74) is 1.54. The third-order valence-corrected chi connectivity index (χ3v) is 5.20. The van der Waals surface area contributed by atoms with Gasteiger partial charge in [-0.1, -0.05) is 37.3 Å². The van der Waals surface area contributed by atoms with Gasteiger partial charge in [-0.05, 0) is 56.7 Å².